The molecule has 2 aromatic rings. The minimum absolute atomic E-state index is 0.222. The van der Waals surface area contributed by atoms with E-state index in [-0.39, 0.29) is 5.91 Å². The maximum Gasteiger partial charge on any atom is 0.257 e. The van der Waals surface area contributed by atoms with Crippen molar-refractivity contribution in [1.29, 1.82) is 0 Å². The van der Waals surface area contributed by atoms with Crippen LogP contribution in [0.15, 0.2) is 45.3 Å². The predicted molar refractivity (Wildman–Crippen MR) is 88.8 cm³/mol. The van der Waals surface area contributed by atoms with Gasteiger partial charge in [0, 0.05) is 8.95 Å². The smallest absolute Gasteiger partial charge is 0.257 e. The number of nitrogen functional groups attached to an aromatic ring is 1. The van der Waals surface area contributed by atoms with Gasteiger partial charge in [0.2, 0.25) is 0 Å². The Balaban J connectivity index is 2.32. The van der Waals surface area contributed by atoms with Crippen molar-refractivity contribution in [2.75, 3.05) is 10.7 Å². The van der Waals surface area contributed by atoms with E-state index in [2.05, 4.69) is 42.6 Å². The average molecular weight is 399 g/mol. The van der Waals surface area contributed by atoms with Crippen LogP contribution in [0.3, 0.4) is 0 Å². The minimum atomic E-state index is -0.222. The van der Waals surface area contributed by atoms with Gasteiger partial charge in [0.1, 0.15) is 0 Å². The van der Waals surface area contributed by atoms with E-state index < -0.39 is 0 Å². The van der Waals surface area contributed by atoms with Crippen molar-refractivity contribution >= 4 is 49.1 Å². The van der Waals surface area contributed by atoms with Crippen molar-refractivity contribution in [2.45, 2.75) is 6.92 Å². The number of nitrogens with one attached hydrogen (secondary N) is 2. The molecule has 0 atom stereocenters. The first kappa shape index (κ1) is 15.0. The Morgan fingerprint density at radius 1 is 1.10 bits per heavy atom. The Morgan fingerprint density at radius 2 is 1.85 bits per heavy atom. The third-order valence-corrected chi connectivity index (χ3v) is 3.94. The summed E-state index contributed by atoms with van der Waals surface area (Å²) in [7, 11) is 0. The number of hydrogen-bond acceptors (Lipinski definition) is 3. The normalized spacial score (nSPS) is 10.2. The minimum Gasteiger partial charge on any atom is -0.323 e. The molecule has 0 bridgehead atoms. The number of halogens is 2. The largest absolute Gasteiger partial charge is 0.323 e. The molecule has 0 aliphatic heterocycles. The molecule has 0 radical (unpaired) electrons. The molecule has 0 aliphatic carbocycles. The zero-order chi connectivity index (χ0) is 14.7. The lowest BCUT2D eigenvalue weighted by Gasteiger charge is -2.12. The van der Waals surface area contributed by atoms with Crippen LogP contribution in [0.25, 0.3) is 0 Å². The quantitative estimate of drug-likeness (QED) is 0.539. The van der Waals surface area contributed by atoms with Gasteiger partial charge >= 0.3 is 0 Å². The van der Waals surface area contributed by atoms with Crippen LogP contribution in [0.1, 0.15) is 15.9 Å². The molecule has 20 heavy (non-hydrogen) atoms. The van der Waals surface area contributed by atoms with Gasteiger partial charge in [0.15, 0.2) is 0 Å². The first-order valence-corrected chi connectivity index (χ1v) is 7.43. The number of hydrogen-bond donors (Lipinski definition) is 3. The fraction of sp³-hybridized carbons (Fsp3) is 0.0714. The third kappa shape index (κ3) is 3.39. The molecule has 0 unspecified atom stereocenters. The van der Waals surface area contributed by atoms with Gasteiger partial charge in [-0.2, -0.15) is 0 Å². The molecule has 0 heterocycles. The van der Waals surface area contributed by atoms with Crippen LogP contribution >= 0.6 is 31.9 Å². The Labute approximate surface area is 134 Å². The molecule has 4 N–H and O–H groups in total. The lowest BCUT2D eigenvalue weighted by Crippen LogP contribution is -2.17. The van der Waals surface area contributed by atoms with Crippen LogP contribution in [-0.4, -0.2) is 5.91 Å². The molecule has 2 rings (SSSR count). The molecule has 0 aromatic heterocycles. The molecule has 0 aliphatic rings. The summed E-state index contributed by atoms with van der Waals surface area (Å²) in [5.41, 5.74) is 5.29. The van der Waals surface area contributed by atoms with Gasteiger partial charge in [0.25, 0.3) is 5.91 Å². The van der Waals surface area contributed by atoms with Crippen molar-refractivity contribution in [1.82, 2.24) is 0 Å². The summed E-state index contributed by atoms with van der Waals surface area (Å²) in [6.07, 6.45) is 0. The zero-order valence-corrected chi connectivity index (χ0v) is 13.9. The van der Waals surface area contributed by atoms with Crippen molar-refractivity contribution in [3.63, 3.8) is 0 Å². The number of hydrazine groups is 1. The highest BCUT2D eigenvalue weighted by atomic mass is 79.9. The van der Waals surface area contributed by atoms with E-state index in [1.807, 2.05) is 31.2 Å². The maximum atomic E-state index is 12.4. The maximum absolute atomic E-state index is 12.4. The van der Waals surface area contributed by atoms with Crippen LogP contribution in [0.4, 0.5) is 11.4 Å². The summed E-state index contributed by atoms with van der Waals surface area (Å²) >= 11 is 6.78. The molecule has 0 spiro atoms. The number of amides is 1. The average Bonchev–Trinajstić information content (AvgIpc) is 2.42. The summed E-state index contributed by atoms with van der Waals surface area (Å²) in [5.74, 6) is 5.22. The number of rotatable bonds is 3. The van der Waals surface area contributed by atoms with Gasteiger partial charge < -0.3 is 10.7 Å². The van der Waals surface area contributed by atoms with Gasteiger partial charge in [-0.1, -0.05) is 27.6 Å². The summed E-state index contributed by atoms with van der Waals surface area (Å²) in [4.78, 5) is 12.4. The number of benzene rings is 2. The van der Waals surface area contributed by atoms with Gasteiger partial charge in [-0.3, -0.25) is 10.6 Å². The Bertz CT molecular complexity index is 659. The summed E-state index contributed by atoms with van der Waals surface area (Å²) in [5, 5.41) is 2.86. The van der Waals surface area contributed by atoms with E-state index in [1.165, 1.54) is 0 Å². The van der Waals surface area contributed by atoms with E-state index in [4.69, 9.17) is 5.84 Å². The summed E-state index contributed by atoms with van der Waals surface area (Å²) < 4.78 is 1.70. The first-order valence-electron chi connectivity index (χ1n) is 5.85. The van der Waals surface area contributed by atoms with Gasteiger partial charge in [-0.15, -0.1) is 0 Å². The molecule has 104 valence electrons. The van der Waals surface area contributed by atoms with E-state index in [9.17, 15) is 4.79 Å². The second kappa shape index (κ2) is 6.39. The van der Waals surface area contributed by atoms with Crippen LogP contribution in [0, 0.1) is 6.92 Å². The number of nitrogens with two attached hydrogens (primary N) is 1. The van der Waals surface area contributed by atoms with Crippen molar-refractivity contribution in [3.8, 4) is 0 Å². The van der Waals surface area contributed by atoms with E-state index in [0.717, 1.165) is 14.5 Å². The van der Waals surface area contributed by atoms with Crippen molar-refractivity contribution < 1.29 is 4.79 Å². The predicted octanol–water partition coefficient (Wildman–Crippen LogP) is 4.06. The SMILES string of the molecule is Cc1ccc(NN)c(C(=O)Nc2cc(Br)ccc2Br)c1. The van der Waals surface area contributed by atoms with Crippen LogP contribution in [0.2, 0.25) is 0 Å². The van der Waals surface area contributed by atoms with Crippen molar-refractivity contribution in [2.24, 2.45) is 5.84 Å². The first-order chi connectivity index (χ1) is 9.51. The Kier molecular flexibility index (Phi) is 4.80. The van der Waals surface area contributed by atoms with Crippen LogP contribution in [-0.2, 0) is 0 Å². The number of aryl methyl sites for hydroxylation is 1. The third-order valence-electron chi connectivity index (χ3n) is 2.75. The molecule has 2 aromatic carbocycles. The highest BCUT2D eigenvalue weighted by molar-refractivity contribution is 9.11. The van der Waals surface area contributed by atoms with E-state index >= 15 is 0 Å². The van der Waals surface area contributed by atoms with E-state index in [0.29, 0.717) is 16.9 Å². The highest BCUT2D eigenvalue weighted by Gasteiger charge is 2.13. The molecule has 1 amide bonds. The van der Waals surface area contributed by atoms with Crippen LogP contribution < -0.4 is 16.6 Å². The second-order valence-electron chi connectivity index (χ2n) is 4.27. The number of anilines is 2. The van der Waals surface area contributed by atoms with E-state index in [1.54, 1.807) is 12.1 Å². The molecule has 0 saturated carbocycles. The highest BCUT2D eigenvalue weighted by Crippen LogP contribution is 2.27. The second-order valence-corrected chi connectivity index (χ2v) is 6.04. The molecular weight excluding hydrogens is 386 g/mol. The van der Waals surface area contributed by atoms with Crippen molar-refractivity contribution in [3.05, 3.63) is 56.5 Å². The van der Waals surface area contributed by atoms with Gasteiger partial charge in [-0.05, 0) is 53.2 Å². The summed E-state index contributed by atoms with van der Waals surface area (Å²) in [6.45, 7) is 1.92. The number of carbonyl (C=O) groups excluding carboxylic acids is 1. The van der Waals surface area contributed by atoms with Gasteiger partial charge in [0.05, 0.1) is 16.9 Å². The molecule has 0 fully saturated rings. The van der Waals surface area contributed by atoms with Gasteiger partial charge in [-0.25, -0.2) is 0 Å². The molecule has 0 saturated heterocycles. The summed E-state index contributed by atoms with van der Waals surface area (Å²) in [6, 6.07) is 11.0. The Hall–Kier alpha value is -1.37. The Morgan fingerprint density at radius 3 is 2.55 bits per heavy atom. The lowest BCUT2D eigenvalue weighted by atomic mass is 10.1. The zero-order valence-electron chi connectivity index (χ0n) is 10.7. The fourth-order valence-corrected chi connectivity index (χ4v) is 2.46. The molecule has 6 heteroatoms. The molecular formula is C14H13Br2N3O. The molecule has 4 nitrogen and oxygen atoms in total. The topological polar surface area (TPSA) is 67.1 Å². The van der Waals surface area contributed by atoms with Crippen LogP contribution in [0.5, 0.6) is 0 Å². The lowest BCUT2D eigenvalue weighted by molar-refractivity contribution is 0.102. The standard InChI is InChI=1S/C14H13Br2N3O/c1-8-2-5-12(19-17)10(6-8)14(20)18-13-7-9(15)3-4-11(13)16/h2-7,19H,17H2,1H3,(H,18,20). The number of carbonyl (C=O) groups is 1. The fourth-order valence-electron chi connectivity index (χ4n) is 1.75. The monoisotopic (exact) mass is 397 g/mol.